The molecule has 1 heterocycles. The van der Waals surface area contributed by atoms with Crippen LogP contribution in [0.3, 0.4) is 0 Å². The topological polar surface area (TPSA) is 75.7 Å². The van der Waals surface area contributed by atoms with Crippen LogP contribution in [0.1, 0.15) is 80.1 Å². The molecule has 1 N–H and O–H groups in total. The summed E-state index contributed by atoms with van der Waals surface area (Å²) in [4.78, 5) is 40.2. The molecule has 31 heavy (non-hydrogen) atoms. The fraction of sp³-hybridized carbons (Fsp3) is 0.800. The zero-order valence-electron chi connectivity index (χ0n) is 20.3. The van der Waals surface area contributed by atoms with Crippen LogP contribution >= 0.6 is 0 Å². The first-order valence-electron chi connectivity index (χ1n) is 11.8. The number of nitrogens with zero attached hydrogens (tertiary/aromatic N) is 1. The summed E-state index contributed by atoms with van der Waals surface area (Å²) in [5.41, 5.74) is 0.225. The van der Waals surface area contributed by atoms with Crippen molar-refractivity contribution in [2.45, 2.75) is 97.7 Å². The summed E-state index contributed by atoms with van der Waals surface area (Å²) in [6.07, 6.45) is 7.45. The Morgan fingerprint density at radius 2 is 1.90 bits per heavy atom. The molecule has 0 aromatic carbocycles. The van der Waals surface area contributed by atoms with Crippen molar-refractivity contribution in [2.24, 2.45) is 23.2 Å². The molecule has 2 fully saturated rings. The van der Waals surface area contributed by atoms with Gasteiger partial charge in [0.15, 0.2) is 0 Å². The van der Waals surface area contributed by atoms with Crippen LogP contribution in [0.15, 0.2) is 11.6 Å². The molecule has 0 aromatic rings. The SMILES string of the molecule is COC(=O)[C@H]1CCC(=O)N1C(C)(C)C(=O)N[C@@H]1[C@H](C(C)C)CC[C@@H](C)[C@@]12C=C(C)CC2. The van der Waals surface area contributed by atoms with Gasteiger partial charge < -0.3 is 15.0 Å². The Bertz CT molecular complexity index is 771. The predicted molar refractivity (Wildman–Crippen MR) is 120 cm³/mol. The third-order valence-electron chi connectivity index (χ3n) is 8.31. The van der Waals surface area contributed by atoms with Gasteiger partial charge in [-0.2, -0.15) is 0 Å². The molecule has 1 aliphatic heterocycles. The van der Waals surface area contributed by atoms with Crippen molar-refractivity contribution < 1.29 is 19.1 Å². The van der Waals surface area contributed by atoms with E-state index < -0.39 is 17.6 Å². The van der Waals surface area contributed by atoms with Gasteiger partial charge in [0.25, 0.3) is 0 Å². The van der Waals surface area contributed by atoms with Gasteiger partial charge >= 0.3 is 5.97 Å². The van der Waals surface area contributed by atoms with E-state index in [-0.39, 0.29) is 29.7 Å². The number of nitrogens with one attached hydrogen (secondary N) is 1. The Morgan fingerprint density at radius 3 is 2.45 bits per heavy atom. The number of rotatable bonds is 5. The highest BCUT2D eigenvalue weighted by Crippen LogP contribution is 2.54. The molecule has 6 nitrogen and oxygen atoms in total. The number of amides is 2. The number of carbonyl (C=O) groups is 3. The average molecular weight is 433 g/mol. The van der Waals surface area contributed by atoms with E-state index in [2.05, 4.69) is 39.1 Å². The number of carbonyl (C=O) groups excluding carboxylic acids is 3. The second kappa shape index (κ2) is 8.59. The molecule has 0 bridgehead atoms. The Kier molecular flexibility index (Phi) is 6.60. The zero-order chi connectivity index (χ0) is 23.1. The summed E-state index contributed by atoms with van der Waals surface area (Å²) in [6.45, 7) is 12.5. The number of hydrogen-bond donors (Lipinski definition) is 1. The summed E-state index contributed by atoms with van der Waals surface area (Å²) >= 11 is 0. The van der Waals surface area contributed by atoms with E-state index in [1.54, 1.807) is 13.8 Å². The molecule has 2 amide bonds. The van der Waals surface area contributed by atoms with Gasteiger partial charge in [0.1, 0.15) is 11.6 Å². The number of ether oxygens (including phenoxy) is 1. The van der Waals surface area contributed by atoms with Crippen LogP contribution in [-0.4, -0.2) is 47.4 Å². The third kappa shape index (κ3) is 4.03. The number of methoxy groups -OCH3 is 1. The van der Waals surface area contributed by atoms with Crippen molar-refractivity contribution in [3.8, 4) is 0 Å². The molecule has 0 aromatic heterocycles. The quantitative estimate of drug-likeness (QED) is 0.529. The van der Waals surface area contributed by atoms with Crippen LogP contribution < -0.4 is 5.32 Å². The highest BCUT2D eigenvalue weighted by Gasteiger charge is 2.54. The maximum absolute atomic E-state index is 13.7. The Balaban J connectivity index is 1.92. The molecule has 174 valence electrons. The highest BCUT2D eigenvalue weighted by atomic mass is 16.5. The van der Waals surface area contributed by atoms with Crippen molar-refractivity contribution in [1.29, 1.82) is 0 Å². The molecule has 3 rings (SSSR count). The van der Waals surface area contributed by atoms with E-state index >= 15 is 0 Å². The van der Waals surface area contributed by atoms with E-state index in [0.717, 1.165) is 25.7 Å². The van der Waals surface area contributed by atoms with Crippen molar-refractivity contribution in [3.05, 3.63) is 11.6 Å². The summed E-state index contributed by atoms with van der Waals surface area (Å²) in [5, 5.41) is 3.42. The first-order chi connectivity index (χ1) is 14.5. The van der Waals surface area contributed by atoms with E-state index in [4.69, 9.17) is 4.74 Å². The van der Waals surface area contributed by atoms with Gasteiger partial charge in [-0.25, -0.2) is 4.79 Å². The van der Waals surface area contributed by atoms with Gasteiger partial charge in [0.2, 0.25) is 11.8 Å². The zero-order valence-corrected chi connectivity index (χ0v) is 20.3. The first-order valence-corrected chi connectivity index (χ1v) is 11.8. The molecule has 1 saturated heterocycles. The molecule has 5 atom stereocenters. The number of allylic oxidation sites excluding steroid dienone is 1. The van der Waals surface area contributed by atoms with E-state index in [1.807, 2.05) is 0 Å². The summed E-state index contributed by atoms with van der Waals surface area (Å²) in [6, 6.07) is -0.679. The van der Waals surface area contributed by atoms with Gasteiger partial charge in [-0.3, -0.25) is 9.59 Å². The number of likely N-dealkylation sites (tertiary alicyclic amines) is 1. The van der Waals surface area contributed by atoms with Gasteiger partial charge in [0, 0.05) is 17.9 Å². The summed E-state index contributed by atoms with van der Waals surface area (Å²) in [5.74, 6) is 0.513. The number of esters is 1. The van der Waals surface area contributed by atoms with Crippen molar-refractivity contribution >= 4 is 17.8 Å². The summed E-state index contributed by atoms with van der Waals surface area (Å²) < 4.78 is 4.92. The summed E-state index contributed by atoms with van der Waals surface area (Å²) in [7, 11) is 1.32. The Labute approximate surface area is 187 Å². The van der Waals surface area contributed by atoms with Crippen molar-refractivity contribution in [1.82, 2.24) is 10.2 Å². The van der Waals surface area contributed by atoms with Gasteiger partial charge in [-0.15, -0.1) is 0 Å². The molecular formula is C25H40N2O4. The lowest BCUT2D eigenvalue weighted by molar-refractivity contribution is -0.157. The first kappa shape index (κ1) is 23.8. The number of hydrogen-bond acceptors (Lipinski definition) is 4. The van der Waals surface area contributed by atoms with E-state index in [1.165, 1.54) is 17.6 Å². The second-order valence-electron chi connectivity index (χ2n) is 10.8. The van der Waals surface area contributed by atoms with Crippen LogP contribution in [0.4, 0.5) is 0 Å². The predicted octanol–water partition coefficient (Wildman–Crippen LogP) is 3.84. The van der Waals surface area contributed by atoms with Crippen LogP contribution in [0, 0.1) is 23.2 Å². The third-order valence-corrected chi connectivity index (χ3v) is 8.31. The Hall–Kier alpha value is -1.85. The second-order valence-corrected chi connectivity index (χ2v) is 10.8. The maximum atomic E-state index is 13.7. The fourth-order valence-corrected chi connectivity index (χ4v) is 6.36. The molecule has 0 unspecified atom stereocenters. The maximum Gasteiger partial charge on any atom is 0.328 e. The molecule has 1 saturated carbocycles. The normalized spacial score (nSPS) is 33.7. The van der Waals surface area contributed by atoms with Crippen LogP contribution in [-0.2, 0) is 19.1 Å². The monoisotopic (exact) mass is 432 g/mol. The van der Waals surface area contributed by atoms with E-state index in [9.17, 15) is 14.4 Å². The Morgan fingerprint density at radius 1 is 1.23 bits per heavy atom. The van der Waals surface area contributed by atoms with Crippen molar-refractivity contribution in [2.75, 3.05) is 7.11 Å². The van der Waals surface area contributed by atoms with Gasteiger partial charge in [0.05, 0.1) is 7.11 Å². The minimum Gasteiger partial charge on any atom is -0.467 e. The molecule has 2 aliphatic carbocycles. The minimum atomic E-state index is -1.13. The lowest BCUT2D eigenvalue weighted by Crippen LogP contribution is -2.65. The van der Waals surface area contributed by atoms with Crippen LogP contribution in [0.5, 0.6) is 0 Å². The van der Waals surface area contributed by atoms with Crippen LogP contribution in [0.25, 0.3) is 0 Å². The van der Waals surface area contributed by atoms with E-state index in [0.29, 0.717) is 24.2 Å². The molecule has 0 radical (unpaired) electrons. The molecular weight excluding hydrogens is 392 g/mol. The van der Waals surface area contributed by atoms with Gasteiger partial charge in [-0.05, 0) is 70.6 Å². The lowest BCUT2D eigenvalue weighted by atomic mass is 9.57. The molecule has 6 heteroatoms. The lowest BCUT2D eigenvalue weighted by Gasteiger charge is -2.52. The molecule has 3 aliphatic rings. The van der Waals surface area contributed by atoms with Gasteiger partial charge in [-0.1, -0.05) is 32.4 Å². The fourth-order valence-electron chi connectivity index (χ4n) is 6.36. The molecule has 1 spiro atoms. The average Bonchev–Trinajstić information content (AvgIpc) is 3.29. The smallest absolute Gasteiger partial charge is 0.328 e. The standard InChI is InChI=1S/C25H40N2O4/c1-15(2)18-9-8-17(4)25(13-12-16(3)14-25)21(18)26-23(30)24(5,6)27-19(22(29)31-7)10-11-20(27)28/h14-15,17-19,21H,8-13H2,1-7H3,(H,26,30)/t17-,18+,19-,21-,25-/m1/s1. The minimum absolute atomic E-state index is 0.0229. The van der Waals surface area contributed by atoms with Crippen molar-refractivity contribution in [3.63, 3.8) is 0 Å². The van der Waals surface area contributed by atoms with Crippen LogP contribution in [0.2, 0.25) is 0 Å². The largest absolute Gasteiger partial charge is 0.467 e. The highest BCUT2D eigenvalue weighted by molar-refractivity contribution is 5.95.